The Morgan fingerprint density at radius 1 is 0.857 bits per heavy atom. The van der Waals surface area contributed by atoms with Crippen LogP contribution < -0.4 is 4.31 Å². The van der Waals surface area contributed by atoms with Gasteiger partial charge in [0.25, 0.3) is 10.0 Å². The Bertz CT molecular complexity index is 1150. The molecule has 0 radical (unpaired) electrons. The van der Waals surface area contributed by atoms with Crippen LogP contribution in [0.25, 0.3) is 6.08 Å². The number of nitrogens with zero attached hydrogens (tertiary/aromatic N) is 1. The molecule has 4 nitrogen and oxygen atoms in total. The molecule has 3 aromatic rings. The van der Waals surface area contributed by atoms with Crippen LogP contribution in [0.2, 0.25) is 0 Å². The van der Waals surface area contributed by atoms with E-state index in [-0.39, 0.29) is 4.90 Å². The van der Waals surface area contributed by atoms with Crippen LogP contribution in [0.1, 0.15) is 28.4 Å². The monoisotopic (exact) mass is 391 g/mol. The van der Waals surface area contributed by atoms with E-state index in [1.54, 1.807) is 54.6 Å². The van der Waals surface area contributed by atoms with Crippen molar-refractivity contribution in [1.82, 2.24) is 0 Å². The first-order valence-corrected chi connectivity index (χ1v) is 10.5. The largest absolute Gasteiger partial charge is 0.382 e. The van der Waals surface area contributed by atoms with E-state index < -0.39 is 16.1 Å². The lowest BCUT2D eigenvalue weighted by molar-refractivity contribution is 0.223. The van der Waals surface area contributed by atoms with Gasteiger partial charge in [-0.3, -0.25) is 0 Å². The van der Waals surface area contributed by atoms with Crippen LogP contribution in [0, 0.1) is 13.8 Å². The Morgan fingerprint density at radius 3 is 2.07 bits per heavy atom. The molecule has 1 aliphatic heterocycles. The number of fused-ring (bicyclic) bond motifs is 1. The van der Waals surface area contributed by atoms with Gasteiger partial charge in [-0.05, 0) is 43.7 Å². The number of sulfonamides is 1. The second-order valence-electron chi connectivity index (χ2n) is 7.02. The molecule has 4 rings (SSSR count). The van der Waals surface area contributed by atoms with Crippen molar-refractivity contribution >= 4 is 21.8 Å². The Balaban J connectivity index is 1.90. The highest BCUT2D eigenvalue weighted by atomic mass is 32.2. The molecule has 0 saturated carbocycles. The molecule has 3 aromatic carbocycles. The standard InChI is InChI=1S/C23H21NO3S/c1-16-7-11-18(12-8-16)15-22-23(25)20-5-3-4-6-21(20)24(22)28(26,27)19-13-9-17(2)10-14-19/h3-15,23,25H,1-2H3/b22-15+. The summed E-state index contributed by atoms with van der Waals surface area (Å²) >= 11 is 0. The van der Waals surface area contributed by atoms with Crippen LogP contribution in [0.3, 0.4) is 0 Å². The predicted octanol–water partition coefficient (Wildman–Crippen LogP) is 4.59. The number of aryl methyl sites for hydroxylation is 2. The summed E-state index contributed by atoms with van der Waals surface area (Å²) in [7, 11) is -3.87. The van der Waals surface area contributed by atoms with Gasteiger partial charge in [-0.15, -0.1) is 0 Å². The van der Waals surface area contributed by atoms with Crippen molar-refractivity contribution < 1.29 is 13.5 Å². The first kappa shape index (κ1) is 18.5. The molecule has 1 unspecified atom stereocenters. The Morgan fingerprint density at radius 2 is 1.43 bits per heavy atom. The van der Waals surface area contributed by atoms with E-state index >= 15 is 0 Å². The van der Waals surface area contributed by atoms with Gasteiger partial charge >= 0.3 is 0 Å². The molecule has 0 saturated heterocycles. The Hall–Kier alpha value is -2.89. The molecule has 1 heterocycles. The van der Waals surface area contributed by atoms with Crippen molar-refractivity contribution in [3.63, 3.8) is 0 Å². The summed E-state index contributed by atoms with van der Waals surface area (Å²) in [5.74, 6) is 0. The highest BCUT2D eigenvalue weighted by Gasteiger charge is 2.40. The number of aliphatic hydroxyl groups is 1. The number of para-hydroxylation sites is 1. The second kappa shape index (κ2) is 6.93. The second-order valence-corrected chi connectivity index (χ2v) is 8.81. The van der Waals surface area contributed by atoms with Crippen molar-refractivity contribution in [2.75, 3.05) is 4.31 Å². The summed E-state index contributed by atoms with van der Waals surface area (Å²) in [4.78, 5) is 0.191. The van der Waals surface area contributed by atoms with E-state index in [1.165, 1.54) is 4.31 Å². The lowest BCUT2D eigenvalue weighted by Crippen LogP contribution is -2.28. The minimum absolute atomic E-state index is 0.191. The van der Waals surface area contributed by atoms with Crippen molar-refractivity contribution in [3.8, 4) is 0 Å². The number of hydrogen-bond donors (Lipinski definition) is 1. The quantitative estimate of drug-likeness (QED) is 0.711. The smallest absolute Gasteiger partial charge is 0.268 e. The van der Waals surface area contributed by atoms with Crippen LogP contribution in [0.4, 0.5) is 5.69 Å². The van der Waals surface area contributed by atoms with Crippen LogP contribution in [-0.2, 0) is 10.0 Å². The fourth-order valence-corrected chi connectivity index (χ4v) is 4.91. The van der Waals surface area contributed by atoms with Crippen LogP contribution in [-0.4, -0.2) is 13.5 Å². The first-order valence-electron chi connectivity index (χ1n) is 9.05. The molecule has 0 aliphatic carbocycles. The molecular formula is C23H21NO3S. The number of benzene rings is 3. The third kappa shape index (κ3) is 3.13. The summed E-state index contributed by atoms with van der Waals surface area (Å²) in [6.45, 7) is 3.90. The molecule has 1 N–H and O–H groups in total. The zero-order valence-corrected chi connectivity index (χ0v) is 16.5. The van der Waals surface area contributed by atoms with Crippen molar-refractivity contribution in [2.45, 2.75) is 24.8 Å². The van der Waals surface area contributed by atoms with E-state index in [0.717, 1.165) is 16.7 Å². The minimum Gasteiger partial charge on any atom is -0.382 e. The highest BCUT2D eigenvalue weighted by Crippen LogP contribution is 2.45. The predicted molar refractivity (Wildman–Crippen MR) is 111 cm³/mol. The number of aliphatic hydroxyl groups excluding tert-OH is 1. The van der Waals surface area contributed by atoms with Gasteiger partial charge in [0.05, 0.1) is 16.3 Å². The Kier molecular flexibility index (Phi) is 4.57. The number of rotatable bonds is 3. The molecule has 28 heavy (non-hydrogen) atoms. The molecule has 1 aliphatic rings. The van der Waals surface area contributed by atoms with Crippen LogP contribution in [0.15, 0.2) is 83.4 Å². The molecule has 0 fully saturated rings. The summed E-state index contributed by atoms with van der Waals surface area (Å²) in [6.07, 6.45) is 0.716. The maximum Gasteiger partial charge on any atom is 0.268 e. The molecule has 0 spiro atoms. The fourth-order valence-electron chi connectivity index (χ4n) is 3.37. The molecular weight excluding hydrogens is 370 g/mol. The van der Waals surface area contributed by atoms with Gasteiger partial charge < -0.3 is 5.11 Å². The maximum absolute atomic E-state index is 13.5. The van der Waals surface area contributed by atoms with Gasteiger partial charge in [-0.1, -0.05) is 65.7 Å². The summed E-state index contributed by atoms with van der Waals surface area (Å²) < 4.78 is 28.2. The number of anilines is 1. The normalized spacial score (nSPS) is 17.8. The summed E-state index contributed by atoms with van der Waals surface area (Å²) in [5, 5.41) is 10.9. The summed E-state index contributed by atoms with van der Waals surface area (Å²) in [5.41, 5.74) is 4.31. The molecule has 0 aromatic heterocycles. The maximum atomic E-state index is 13.5. The van der Waals surface area contributed by atoms with Gasteiger partial charge in [0.1, 0.15) is 6.10 Å². The van der Waals surface area contributed by atoms with Crippen molar-refractivity contribution in [1.29, 1.82) is 0 Å². The van der Waals surface area contributed by atoms with Gasteiger partial charge in [-0.2, -0.15) is 0 Å². The average Bonchev–Trinajstić information content (AvgIpc) is 2.97. The van der Waals surface area contributed by atoms with Gasteiger partial charge in [-0.25, -0.2) is 12.7 Å². The first-order chi connectivity index (χ1) is 13.4. The zero-order chi connectivity index (χ0) is 19.9. The molecule has 0 amide bonds. The third-order valence-corrected chi connectivity index (χ3v) is 6.67. The molecule has 0 bridgehead atoms. The lowest BCUT2D eigenvalue weighted by atomic mass is 10.1. The van der Waals surface area contributed by atoms with Gasteiger partial charge in [0.15, 0.2) is 0 Å². The zero-order valence-electron chi connectivity index (χ0n) is 15.7. The molecule has 142 valence electrons. The van der Waals surface area contributed by atoms with E-state index in [1.807, 2.05) is 38.1 Å². The van der Waals surface area contributed by atoms with E-state index in [4.69, 9.17) is 0 Å². The molecule has 5 heteroatoms. The van der Waals surface area contributed by atoms with E-state index in [9.17, 15) is 13.5 Å². The summed E-state index contributed by atoms with van der Waals surface area (Å²) in [6, 6.07) is 21.5. The SMILES string of the molecule is Cc1ccc(/C=C2\C(O)c3ccccc3N2S(=O)(=O)c2ccc(C)cc2)cc1. The van der Waals surface area contributed by atoms with Gasteiger partial charge in [0, 0.05) is 5.56 Å². The van der Waals surface area contributed by atoms with E-state index in [0.29, 0.717) is 16.9 Å². The van der Waals surface area contributed by atoms with Crippen LogP contribution in [0.5, 0.6) is 0 Å². The van der Waals surface area contributed by atoms with Crippen molar-refractivity contribution in [3.05, 3.63) is 101 Å². The average molecular weight is 391 g/mol. The number of hydrogen-bond acceptors (Lipinski definition) is 3. The molecule has 1 atom stereocenters. The van der Waals surface area contributed by atoms with Crippen molar-refractivity contribution in [2.24, 2.45) is 0 Å². The highest BCUT2D eigenvalue weighted by molar-refractivity contribution is 7.93. The third-order valence-electron chi connectivity index (χ3n) is 4.92. The topological polar surface area (TPSA) is 57.6 Å². The minimum atomic E-state index is -3.87. The fraction of sp³-hybridized carbons (Fsp3) is 0.130. The van der Waals surface area contributed by atoms with E-state index in [2.05, 4.69) is 0 Å². The lowest BCUT2D eigenvalue weighted by Gasteiger charge is -2.22. The van der Waals surface area contributed by atoms with Crippen LogP contribution >= 0.6 is 0 Å². The van der Waals surface area contributed by atoms with Gasteiger partial charge in [0.2, 0.25) is 0 Å². The Labute approximate surface area is 165 Å².